The summed E-state index contributed by atoms with van der Waals surface area (Å²) in [7, 11) is 0. The van der Waals surface area contributed by atoms with Gasteiger partial charge in [-0.2, -0.15) is 0 Å². The second-order valence-electron chi connectivity index (χ2n) is 4.50. The minimum absolute atomic E-state index is 1.07. The van der Waals surface area contributed by atoms with Crippen molar-refractivity contribution in [2.24, 2.45) is 0 Å². The third-order valence-electron chi connectivity index (χ3n) is 2.92. The Morgan fingerprint density at radius 2 is 1.31 bits per heavy atom. The number of allylic oxidation sites excluding steroid dienone is 1. The van der Waals surface area contributed by atoms with Crippen molar-refractivity contribution in [3.63, 3.8) is 0 Å². The average molecular weight is 227 g/mol. The van der Waals surface area contributed by atoms with Crippen LogP contribution in [-0.4, -0.2) is 5.21 Å². The first-order valence-electron chi connectivity index (χ1n) is 6.96. The van der Waals surface area contributed by atoms with Crippen molar-refractivity contribution >= 4 is 0 Å². The lowest BCUT2D eigenvalue weighted by Gasteiger charge is -2.01. The SMILES string of the molecule is CCCCCCCCCCCCC=CNO. The van der Waals surface area contributed by atoms with Gasteiger partial charge in [-0.3, -0.25) is 10.7 Å². The van der Waals surface area contributed by atoms with E-state index in [0.29, 0.717) is 0 Å². The number of nitrogens with one attached hydrogen (secondary N) is 1. The molecule has 2 heteroatoms. The van der Waals surface area contributed by atoms with Crippen LogP contribution in [0.25, 0.3) is 0 Å². The normalized spacial score (nSPS) is 11.1. The summed E-state index contributed by atoms with van der Waals surface area (Å²) in [5.74, 6) is 0. The molecule has 2 nitrogen and oxygen atoms in total. The molecule has 0 aromatic heterocycles. The number of unbranched alkanes of at least 4 members (excludes halogenated alkanes) is 10. The maximum absolute atomic E-state index is 8.29. The Hall–Kier alpha value is -0.500. The van der Waals surface area contributed by atoms with Crippen LogP contribution in [0.15, 0.2) is 12.3 Å². The van der Waals surface area contributed by atoms with Crippen LogP contribution in [0, 0.1) is 0 Å². The summed E-state index contributed by atoms with van der Waals surface area (Å²) in [4.78, 5) is 0. The van der Waals surface area contributed by atoms with Crippen molar-refractivity contribution in [2.75, 3.05) is 0 Å². The maximum atomic E-state index is 8.29. The predicted octanol–water partition coefficient (Wildman–Crippen LogP) is 4.79. The standard InChI is InChI=1S/C14H29NO/c1-2-3-4-5-6-7-8-9-10-11-12-13-14-15-16/h13-16H,2-12H2,1H3. The van der Waals surface area contributed by atoms with Gasteiger partial charge in [0.05, 0.1) is 0 Å². The second kappa shape index (κ2) is 14.5. The van der Waals surface area contributed by atoms with E-state index in [9.17, 15) is 0 Å². The highest BCUT2D eigenvalue weighted by molar-refractivity contribution is 4.75. The summed E-state index contributed by atoms with van der Waals surface area (Å²) in [6, 6.07) is 0. The molecule has 2 N–H and O–H groups in total. The van der Waals surface area contributed by atoms with Gasteiger partial charge in [0.25, 0.3) is 0 Å². The number of hydrogen-bond acceptors (Lipinski definition) is 2. The van der Waals surface area contributed by atoms with Crippen molar-refractivity contribution in [2.45, 2.75) is 77.6 Å². The van der Waals surface area contributed by atoms with Gasteiger partial charge in [0, 0.05) is 6.20 Å². The van der Waals surface area contributed by atoms with Crippen LogP contribution in [0.2, 0.25) is 0 Å². The molecule has 0 aliphatic heterocycles. The van der Waals surface area contributed by atoms with E-state index in [4.69, 9.17) is 5.21 Å². The Balaban J connectivity index is 2.90. The van der Waals surface area contributed by atoms with Crippen LogP contribution in [-0.2, 0) is 0 Å². The van der Waals surface area contributed by atoms with Gasteiger partial charge in [0.15, 0.2) is 0 Å². The van der Waals surface area contributed by atoms with Gasteiger partial charge in [0.1, 0.15) is 0 Å². The van der Waals surface area contributed by atoms with Crippen molar-refractivity contribution < 1.29 is 5.21 Å². The van der Waals surface area contributed by atoms with Gasteiger partial charge in [-0.05, 0) is 12.8 Å². The number of hydroxylamine groups is 1. The molecule has 0 radical (unpaired) electrons. The minimum atomic E-state index is 1.07. The van der Waals surface area contributed by atoms with Crippen molar-refractivity contribution in [3.05, 3.63) is 12.3 Å². The van der Waals surface area contributed by atoms with Crippen LogP contribution < -0.4 is 5.48 Å². The highest BCUT2D eigenvalue weighted by Gasteiger charge is 1.91. The fourth-order valence-corrected chi connectivity index (χ4v) is 1.89. The first kappa shape index (κ1) is 15.5. The molecular formula is C14H29NO. The van der Waals surface area contributed by atoms with Gasteiger partial charge >= 0.3 is 0 Å². The summed E-state index contributed by atoms with van der Waals surface area (Å²) in [5.41, 5.74) is 2.02. The molecule has 0 heterocycles. The summed E-state index contributed by atoms with van der Waals surface area (Å²) in [6.45, 7) is 2.26. The first-order chi connectivity index (χ1) is 7.91. The van der Waals surface area contributed by atoms with Gasteiger partial charge < -0.3 is 0 Å². The molecule has 0 rings (SSSR count). The lowest BCUT2D eigenvalue weighted by Crippen LogP contribution is -1.92. The predicted molar refractivity (Wildman–Crippen MR) is 70.5 cm³/mol. The average Bonchev–Trinajstić information content (AvgIpc) is 2.31. The molecule has 0 amide bonds. The van der Waals surface area contributed by atoms with Crippen molar-refractivity contribution in [3.8, 4) is 0 Å². The monoisotopic (exact) mass is 227 g/mol. The molecule has 16 heavy (non-hydrogen) atoms. The number of rotatable bonds is 12. The van der Waals surface area contributed by atoms with E-state index in [1.54, 1.807) is 6.20 Å². The zero-order chi connectivity index (χ0) is 11.9. The molecule has 0 bridgehead atoms. The van der Waals surface area contributed by atoms with Crippen LogP contribution >= 0.6 is 0 Å². The van der Waals surface area contributed by atoms with E-state index < -0.39 is 0 Å². The van der Waals surface area contributed by atoms with Gasteiger partial charge in [-0.15, -0.1) is 0 Å². The van der Waals surface area contributed by atoms with Gasteiger partial charge in [-0.1, -0.05) is 70.8 Å². The van der Waals surface area contributed by atoms with E-state index in [2.05, 4.69) is 6.92 Å². The van der Waals surface area contributed by atoms with E-state index >= 15 is 0 Å². The van der Waals surface area contributed by atoms with Crippen LogP contribution in [0.5, 0.6) is 0 Å². The molecule has 0 unspecified atom stereocenters. The fourth-order valence-electron chi connectivity index (χ4n) is 1.89. The molecule has 0 aromatic carbocycles. The van der Waals surface area contributed by atoms with E-state index in [1.807, 2.05) is 11.6 Å². The van der Waals surface area contributed by atoms with Crippen LogP contribution in [0.1, 0.15) is 77.6 Å². The molecule has 96 valence electrons. The summed E-state index contributed by atoms with van der Waals surface area (Å²) >= 11 is 0. The Bertz CT molecular complexity index is 146. The smallest absolute Gasteiger partial charge is 0.0200 e. The molecule has 0 saturated heterocycles. The van der Waals surface area contributed by atoms with E-state index in [-0.39, 0.29) is 0 Å². The quantitative estimate of drug-likeness (QED) is 0.371. The Labute approximate surface area is 101 Å². The maximum Gasteiger partial charge on any atom is 0.0200 e. The zero-order valence-electron chi connectivity index (χ0n) is 10.9. The third kappa shape index (κ3) is 13.5. The molecule has 0 fully saturated rings. The number of hydrogen-bond donors (Lipinski definition) is 2. The summed E-state index contributed by atoms with van der Waals surface area (Å²) < 4.78 is 0. The van der Waals surface area contributed by atoms with E-state index in [0.717, 1.165) is 6.42 Å². The van der Waals surface area contributed by atoms with Crippen LogP contribution in [0.3, 0.4) is 0 Å². The highest BCUT2D eigenvalue weighted by Crippen LogP contribution is 2.11. The third-order valence-corrected chi connectivity index (χ3v) is 2.92. The van der Waals surface area contributed by atoms with Gasteiger partial charge in [-0.25, -0.2) is 0 Å². The molecule has 0 spiro atoms. The minimum Gasteiger partial charge on any atom is -0.292 e. The Morgan fingerprint density at radius 3 is 1.81 bits per heavy atom. The lowest BCUT2D eigenvalue weighted by atomic mass is 10.1. The molecule has 0 aliphatic carbocycles. The molecule has 0 atom stereocenters. The molecular weight excluding hydrogens is 198 g/mol. The molecule has 0 saturated carbocycles. The summed E-state index contributed by atoms with van der Waals surface area (Å²) in [6.07, 6.45) is 18.4. The Morgan fingerprint density at radius 1 is 0.812 bits per heavy atom. The van der Waals surface area contributed by atoms with Crippen molar-refractivity contribution in [1.82, 2.24) is 5.48 Å². The summed E-state index contributed by atoms with van der Waals surface area (Å²) in [5, 5.41) is 8.29. The van der Waals surface area contributed by atoms with Crippen LogP contribution in [0.4, 0.5) is 0 Å². The molecule has 0 aliphatic rings. The first-order valence-corrected chi connectivity index (χ1v) is 6.96. The zero-order valence-corrected chi connectivity index (χ0v) is 10.9. The second-order valence-corrected chi connectivity index (χ2v) is 4.50. The fraction of sp³-hybridized carbons (Fsp3) is 0.857. The van der Waals surface area contributed by atoms with Crippen molar-refractivity contribution in [1.29, 1.82) is 0 Å². The lowest BCUT2D eigenvalue weighted by molar-refractivity contribution is 0.214. The Kier molecular flexibility index (Phi) is 14.0. The topological polar surface area (TPSA) is 32.3 Å². The highest BCUT2D eigenvalue weighted by atomic mass is 16.5. The largest absolute Gasteiger partial charge is 0.292 e. The van der Waals surface area contributed by atoms with E-state index in [1.165, 1.54) is 64.2 Å². The van der Waals surface area contributed by atoms with Gasteiger partial charge in [0.2, 0.25) is 0 Å². The molecule has 0 aromatic rings.